The average Bonchev–Trinajstić information content (AvgIpc) is 2.46. The van der Waals surface area contributed by atoms with E-state index in [0.29, 0.717) is 0 Å². The Morgan fingerprint density at radius 2 is 2.14 bits per heavy atom. The fourth-order valence-electron chi connectivity index (χ4n) is 1.59. The molecule has 0 saturated heterocycles. The third-order valence-corrected chi connectivity index (χ3v) is 2.66. The minimum Gasteiger partial charge on any atom is -0.490 e. The molecule has 0 bridgehead atoms. The lowest BCUT2D eigenvalue weighted by molar-refractivity contribution is -0.385. The fourth-order valence-corrected chi connectivity index (χ4v) is 1.79. The minimum atomic E-state index is -0.586. The average molecular weight is 306 g/mol. The molecule has 1 aromatic carbocycles. The fraction of sp³-hybridized carbons (Fsp3) is 0.0769. The molecule has 0 unspecified atom stereocenters. The maximum absolute atomic E-state index is 10.9. The van der Waals surface area contributed by atoms with Gasteiger partial charge in [0.15, 0.2) is 5.75 Å². The predicted molar refractivity (Wildman–Crippen MR) is 73.7 cm³/mol. The van der Waals surface area contributed by atoms with Gasteiger partial charge in [0.05, 0.1) is 29.7 Å². The van der Waals surface area contributed by atoms with Crippen molar-refractivity contribution >= 4 is 17.3 Å². The van der Waals surface area contributed by atoms with Crippen LogP contribution >= 0.6 is 11.6 Å². The molecule has 21 heavy (non-hydrogen) atoms. The number of methoxy groups -OCH3 is 1. The van der Waals surface area contributed by atoms with Crippen LogP contribution in [-0.4, -0.2) is 17.0 Å². The molecule has 0 spiro atoms. The quantitative estimate of drug-likeness (QED) is 0.488. The van der Waals surface area contributed by atoms with Gasteiger partial charge in [-0.15, -0.1) is 0 Å². The molecule has 2 rings (SSSR count). The monoisotopic (exact) mass is 305 g/mol. The Balaban J connectivity index is 2.36. The van der Waals surface area contributed by atoms with E-state index in [4.69, 9.17) is 26.3 Å². The maximum Gasteiger partial charge on any atom is 0.314 e. The SMILES string of the molecule is COc1ccc(Oc2cc(C#N)cc(Cl)n2)cc1[N+](=O)[O-]. The summed E-state index contributed by atoms with van der Waals surface area (Å²) in [5.74, 6) is 0.365. The second kappa shape index (κ2) is 6.07. The van der Waals surface area contributed by atoms with Crippen molar-refractivity contribution in [3.05, 3.63) is 51.2 Å². The highest BCUT2D eigenvalue weighted by Gasteiger charge is 2.16. The predicted octanol–water partition coefficient (Wildman–Crippen LogP) is 3.32. The number of ether oxygens (including phenoxy) is 2. The van der Waals surface area contributed by atoms with Gasteiger partial charge in [0.2, 0.25) is 5.88 Å². The van der Waals surface area contributed by atoms with E-state index in [0.717, 1.165) is 0 Å². The summed E-state index contributed by atoms with van der Waals surface area (Å²) in [6, 6.07) is 8.76. The van der Waals surface area contributed by atoms with Gasteiger partial charge in [-0.25, -0.2) is 4.98 Å². The van der Waals surface area contributed by atoms with E-state index in [1.54, 1.807) is 0 Å². The van der Waals surface area contributed by atoms with E-state index < -0.39 is 4.92 Å². The van der Waals surface area contributed by atoms with Gasteiger partial charge in [0.1, 0.15) is 10.9 Å². The standard InChI is InChI=1S/C13H8ClN3O4/c1-20-11-3-2-9(6-10(11)17(18)19)21-13-5-8(7-15)4-12(14)16-13/h2-6H,1H3. The van der Waals surface area contributed by atoms with Gasteiger partial charge < -0.3 is 9.47 Å². The lowest BCUT2D eigenvalue weighted by Crippen LogP contribution is -1.95. The zero-order valence-corrected chi connectivity index (χ0v) is 11.5. The van der Waals surface area contributed by atoms with E-state index in [2.05, 4.69) is 4.98 Å². The molecule has 106 valence electrons. The first kappa shape index (κ1) is 14.6. The highest BCUT2D eigenvalue weighted by Crippen LogP contribution is 2.32. The Labute approximate surface area is 124 Å². The summed E-state index contributed by atoms with van der Waals surface area (Å²) in [6.07, 6.45) is 0. The van der Waals surface area contributed by atoms with Gasteiger partial charge in [-0.3, -0.25) is 10.1 Å². The minimum absolute atomic E-state index is 0.0681. The molecule has 0 amide bonds. The van der Waals surface area contributed by atoms with E-state index in [1.807, 2.05) is 6.07 Å². The van der Waals surface area contributed by atoms with Crippen LogP contribution in [-0.2, 0) is 0 Å². The number of hydrogen-bond acceptors (Lipinski definition) is 6. The van der Waals surface area contributed by atoms with Crippen molar-refractivity contribution in [3.63, 3.8) is 0 Å². The number of nitriles is 1. The van der Waals surface area contributed by atoms with Gasteiger partial charge in [-0.1, -0.05) is 11.6 Å². The lowest BCUT2D eigenvalue weighted by Gasteiger charge is -2.07. The maximum atomic E-state index is 10.9. The number of nitro benzene ring substituents is 1. The summed E-state index contributed by atoms with van der Waals surface area (Å²) in [5, 5.41) is 19.9. The van der Waals surface area contributed by atoms with Crippen LogP contribution < -0.4 is 9.47 Å². The number of pyridine rings is 1. The first-order valence-electron chi connectivity index (χ1n) is 5.61. The zero-order valence-electron chi connectivity index (χ0n) is 10.7. The van der Waals surface area contributed by atoms with E-state index >= 15 is 0 Å². The Morgan fingerprint density at radius 3 is 2.76 bits per heavy atom. The normalized spacial score (nSPS) is 9.76. The molecule has 1 aromatic heterocycles. The molecule has 0 atom stereocenters. The first-order chi connectivity index (χ1) is 10.0. The number of rotatable bonds is 4. The molecule has 0 N–H and O–H groups in total. The zero-order chi connectivity index (χ0) is 15.4. The molecule has 2 aromatic rings. The molecule has 0 radical (unpaired) electrons. The van der Waals surface area contributed by atoms with Crippen LogP contribution in [0.3, 0.4) is 0 Å². The molecular weight excluding hydrogens is 298 g/mol. The van der Waals surface area contributed by atoms with Crippen LogP contribution in [0.25, 0.3) is 0 Å². The summed E-state index contributed by atoms with van der Waals surface area (Å²) < 4.78 is 10.3. The summed E-state index contributed by atoms with van der Waals surface area (Å²) in [5.41, 5.74) is 0.0329. The van der Waals surface area contributed by atoms with Crippen molar-refractivity contribution in [2.24, 2.45) is 0 Å². The van der Waals surface area contributed by atoms with E-state index in [9.17, 15) is 10.1 Å². The summed E-state index contributed by atoms with van der Waals surface area (Å²) >= 11 is 5.75. The van der Waals surface area contributed by atoms with Crippen LogP contribution in [0.4, 0.5) is 5.69 Å². The van der Waals surface area contributed by atoms with Crippen LogP contribution in [0.5, 0.6) is 17.4 Å². The molecule has 0 fully saturated rings. The molecule has 8 heteroatoms. The molecule has 7 nitrogen and oxygen atoms in total. The van der Waals surface area contributed by atoms with Crippen molar-refractivity contribution in [1.29, 1.82) is 5.26 Å². The van der Waals surface area contributed by atoms with Crippen molar-refractivity contribution in [3.8, 4) is 23.4 Å². The second-order valence-electron chi connectivity index (χ2n) is 3.82. The Kier molecular flexibility index (Phi) is 4.21. The molecule has 0 aliphatic rings. The van der Waals surface area contributed by atoms with Crippen molar-refractivity contribution in [1.82, 2.24) is 4.98 Å². The molecular formula is C13H8ClN3O4. The lowest BCUT2D eigenvalue weighted by atomic mass is 10.2. The van der Waals surface area contributed by atoms with Crippen LogP contribution in [0.1, 0.15) is 5.56 Å². The van der Waals surface area contributed by atoms with Gasteiger partial charge >= 0.3 is 5.69 Å². The molecule has 1 heterocycles. The number of halogens is 1. The number of benzene rings is 1. The topological polar surface area (TPSA) is 98.3 Å². The number of aromatic nitrogens is 1. The number of nitro groups is 1. The third-order valence-electron chi connectivity index (χ3n) is 2.47. The van der Waals surface area contributed by atoms with Crippen LogP contribution in [0, 0.1) is 21.4 Å². The molecule has 0 aliphatic heterocycles. The van der Waals surface area contributed by atoms with Crippen molar-refractivity contribution in [2.45, 2.75) is 0 Å². The molecule has 0 aliphatic carbocycles. The summed E-state index contributed by atoms with van der Waals surface area (Å²) in [6.45, 7) is 0. The smallest absolute Gasteiger partial charge is 0.314 e. The second-order valence-corrected chi connectivity index (χ2v) is 4.21. The van der Waals surface area contributed by atoms with Crippen LogP contribution in [0.15, 0.2) is 30.3 Å². The first-order valence-corrected chi connectivity index (χ1v) is 5.99. The summed E-state index contributed by atoms with van der Waals surface area (Å²) in [7, 11) is 1.33. The van der Waals surface area contributed by atoms with E-state index in [1.165, 1.54) is 37.4 Å². The molecule has 0 saturated carbocycles. The van der Waals surface area contributed by atoms with Crippen molar-refractivity contribution in [2.75, 3.05) is 7.11 Å². The highest BCUT2D eigenvalue weighted by molar-refractivity contribution is 6.29. The van der Waals surface area contributed by atoms with Gasteiger partial charge in [0.25, 0.3) is 0 Å². The van der Waals surface area contributed by atoms with Crippen LogP contribution in [0.2, 0.25) is 5.15 Å². The van der Waals surface area contributed by atoms with Gasteiger partial charge in [0, 0.05) is 6.07 Å². The summed E-state index contributed by atoms with van der Waals surface area (Å²) in [4.78, 5) is 14.2. The number of nitrogens with zero attached hydrogens (tertiary/aromatic N) is 3. The van der Waals surface area contributed by atoms with Crippen molar-refractivity contribution < 1.29 is 14.4 Å². The van der Waals surface area contributed by atoms with E-state index in [-0.39, 0.29) is 33.8 Å². The van der Waals surface area contributed by atoms with Gasteiger partial charge in [-0.05, 0) is 18.2 Å². The Morgan fingerprint density at radius 1 is 1.38 bits per heavy atom. The highest BCUT2D eigenvalue weighted by atomic mass is 35.5. The Bertz CT molecular complexity index is 743. The third kappa shape index (κ3) is 3.38. The van der Waals surface area contributed by atoms with Gasteiger partial charge in [-0.2, -0.15) is 5.26 Å². The largest absolute Gasteiger partial charge is 0.490 e. The number of hydrogen-bond donors (Lipinski definition) is 0. The Hall–Kier alpha value is -2.85.